The van der Waals surface area contributed by atoms with Crippen LogP contribution in [0.4, 0.5) is 11.4 Å². The van der Waals surface area contributed by atoms with Crippen LogP contribution in [0, 0.1) is 15.5 Å². The molecule has 1 saturated heterocycles. The molecular formula is C13H15N3O5. The molecule has 0 aromatic heterocycles. The lowest BCUT2D eigenvalue weighted by Crippen LogP contribution is -2.37. The molecule has 1 fully saturated rings. The third-order valence-corrected chi connectivity index (χ3v) is 3.84. The van der Waals surface area contributed by atoms with E-state index in [4.69, 9.17) is 10.8 Å². The van der Waals surface area contributed by atoms with Gasteiger partial charge in [0, 0.05) is 24.8 Å². The van der Waals surface area contributed by atoms with Gasteiger partial charge in [-0.2, -0.15) is 0 Å². The van der Waals surface area contributed by atoms with Crippen molar-refractivity contribution in [1.29, 1.82) is 0 Å². The van der Waals surface area contributed by atoms with Gasteiger partial charge in [0.15, 0.2) is 0 Å². The van der Waals surface area contributed by atoms with E-state index < -0.39 is 27.9 Å². The zero-order chi connectivity index (χ0) is 15.8. The second kappa shape index (κ2) is 5.04. The van der Waals surface area contributed by atoms with Crippen molar-refractivity contribution < 1.29 is 19.6 Å². The third-order valence-electron chi connectivity index (χ3n) is 3.84. The van der Waals surface area contributed by atoms with Crippen LogP contribution in [0.5, 0.6) is 0 Å². The first kappa shape index (κ1) is 14.8. The molecular weight excluding hydrogens is 278 g/mol. The number of rotatable bonds is 4. The lowest BCUT2D eigenvalue weighted by molar-refractivity contribution is -0.385. The standard InChI is InChI=1S/C13H15N3O5/c1-13(12(14)19)4-5-15(7-13)8-2-3-9(11(17)18)10(6-8)16(20)21/h2-3,6H,4-5,7H2,1H3,(H2,14,19)(H,17,18). The molecule has 8 nitrogen and oxygen atoms in total. The second-order valence-electron chi connectivity index (χ2n) is 5.36. The Balaban J connectivity index is 2.35. The molecule has 1 atom stereocenters. The molecule has 0 saturated carbocycles. The number of benzene rings is 1. The van der Waals surface area contributed by atoms with Crippen LogP contribution in [0.15, 0.2) is 18.2 Å². The fourth-order valence-corrected chi connectivity index (χ4v) is 2.43. The molecule has 21 heavy (non-hydrogen) atoms. The minimum atomic E-state index is -1.35. The van der Waals surface area contributed by atoms with E-state index in [1.165, 1.54) is 18.2 Å². The van der Waals surface area contributed by atoms with Gasteiger partial charge in [0.2, 0.25) is 5.91 Å². The molecule has 2 rings (SSSR count). The topological polar surface area (TPSA) is 127 Å². The Bertz CT molecular complexity index is 630. The second-order valence-corrected chi connectivity index (χ2v) is 5.36. The number of amides is 1. The summed E-state index contributed by atoms with van der Waals surface area (Å²) in [5, 5.41) is 19.9. The first-order valence-corrected chi connectivity index (χ1v) is 6.31. The predicted molar refractivity (Wildman–Crippen MR) is 74.2 cm³/mol. The molecule has 0 radical (unpaired) electrons. The third kappa shape index (κ3) is 2.64. The number of nitro benzene ring substituents is 1. The first-order chi connectivity index (χ1) is 9.74. The van der Waals surface area contributed by atoms with Gasteiger partial charge >= 0.3 is 5.97 Å². The van der Waals surface area contributed by atoms with Gasteiger partial charge in [-0.05, 0) is 25.5 Å². The summed E-state index contributed by atoms with van der Waals surface area (Å²) in [5.74, 6) is -1.77. The monoisotopic (exact) mass is 293 g/mol. The van der Waals surface area contributed by atoms with E-state index in [1.807, 2.05) is 0 Å². The smallest absolute Gasteiger partial charge is 0.342 e. The molecule has 1 unspecified atom stereocenters. The van der Waals surface area contributed by atoms with Gasteiger partial charge in [-0.15, -0.1) is 0 Å². The van der Waals surface area contributed by atoms with E-state index in [0.717, 1.165) is 0 Å². The van der Waals surface area contributed by atoms with Crippen molar-refractivity contribution in [2.24, 2.45) is 11.1 Å². The maximum Gasteiger partial charge on any atom is 0.342 e. The molecule has 0 spiro atoms. The van der Waals surface area contributed by atoms with E-state index in [2.05, 4.69) is 0 Å². The van der Waals surface area contributed by atoms with Crippen molar-refractivity contribution in [1.82, 2.24) is 0 Å². The van der Waals surface area contributed by atoms with E-state index in [-0.39, 0.29) is 5.56 Å². The number of nitro groups is 1. The minimum Gasteiger partial charge on any atom is -0.477 e. The number of carbonyl (C=O) groups is 2. The largest absolute Gasteiger partial charge is 0.477 e. The Morgan fingerprint density at radius 2 is 2.14 bits per heavy atom. The van der Waals surface area contributed by atoms with Crippen LogP contribution in [-0.4, -0.2) is 35.0 Å². The van der Waals surface area contributed by atoms with Crippen LogP contribution in [0.3, 0.4) is 0 Å². The highest BCUT2D eigenvalue weighted by Crippen LogP contribution is 2.35. The van der Waals surface area contributed by atoms with Crippen molar-refractivity contribution in [2.75, 3.05) is 18.0 Å². The molecule has 1 aromatic rings. The number of hydrogen-bond acceptors (Lipinski definition) is 5. The molecule has 1 aliphatic heterocycles. The molecule has 1 heterocycles. The van der Waals surface area contributed by atoms with E-state index in [9.17, 15) is 19.7 Å². The number of nitrogens with two attached hydrogens (primary N) is 1. The quantitative estimate of drug-likeness (QED) is 0.629. The normalized spacial score (nSPS) is 21.3. The molecule has 1 amide bonds. The summed E-state index contributed by atoms with van der Waals surface area (Å²) in [7, 11) is 0. The van der Waals surface area contributed by atoms with Crippen LogP contribution < -0.4 is 10.6 Å². The number of nitrogens with zero attached hydrogens (tertiary/aromatic N) is 2. The summed E-state index contributed by atoms with van der Waals surface area (Å²) in [4.78, 5) is 34.4. The van der Waals surface area contributed by atoms with Crippen LogP contribution in [0.25, 0.3) is 0 Å². The van der Waals surface area contributed by atoms with Gasteiger partial charge in [-0.25, -0.2) is 4.79 Å². The van der Waals surface area contributed by atoms with Crippen molar-refractivity contribution in [2.45, 2.75) is 13.3 Å². The van der Waals surface area contributed by atoms with Crippen molar-refractivity contribution in [3.63, 3.8) is 0 Å². The lowest BCUT2D eigenvalue weighted by atomic mass is 9.89. The van der Waals surface area contributed by atoms with Gasteiger partial charge in [0.25, 0.3) is 5.69 Å². The number of carboxylic acid groups (broad SMARTS) is 1. The van der Waals surface area contributed by atoms with Crippen molar-refractivity contribution >= 4 is 23.3 Å². The molecule has 3 N–H and O–H groups in total. The SMILES string of the molecule is CC1(C(N)=O)CCN(c2ccc(C(=O)O)c([N+](=O)[O-])c2)C1. The van der Waals surface area contributed by atoms with Gasteiger partial charge in [-0.3, -0.25) is 14.9 Å². The van der Waals surface area contributed by atoms with Crippen molar-refractivity contribution in [3.05, 3.63) is 33.9 Å². The molecule has 0 aliphatic carbocycles. The van der Waals surface area contributed by atoms with E-state index in [0.29, 0.717) is 25.2 Å². The van der Waals surface area contributed by atoms with Crippen LogP contribution >= 0.6 is 0 Å². The predicted octanol–water partition coefficient (Wildman–Crippen LogP) is 0.995. The summed E-state index contributed by atoms with van der Waals surface area (Å²) in [6, 6.07) is 3.93. The maximum atomic E-state index is 11.4. The summed E-state index contributed by atoms with van der Waals surface area (Å²) in [6.07, 6.45) is 0.552. The molecule has 112 valence electrons. The molecule has 1 aliphatic rings. The first-order valence-electron chi connectivity index (χ1n) is 6.31. The number of hydrogen-bond donors (Lipinski definition) is 2. The number of carbonyl (C=O) groups excluding carboxylic acids is 1. The zero-order valence-electron chi connectivity index (χ0n) is 11.4. The van der Waals surface area contributed by atoms with Gasteiger partial charge in [0.05, 0.1) is 10.3 Å². The van der Waals surface area contributed by atoms with Gasteiger partial charge < -0.3 is 15.7 Å². The number of carboxylic acids is 1. The van der Waals surface area contributed by atoms with Crippen LogP contribution in [0.1, 0.15) is 23.7 Å². The molecule has 0 bridgehead atoms. The number of primary amides is 1. The van der Waals surface area contributed by atoms with Crippen LogP contribution in [-0.2, 0) is 4.79 Å². The Hall–Kier alpha value is -2.64. The zero-order valence-corrected chi connectivity index (χ0v) is 11.4. The molecule has 1 aromatic carbocycles. The minimum absolute atomic E-state index is 0.353. The number of aromatic carboxylic acids is 1. The van der Waals surface area contributed by atoms with Crippen LogP contribution in [0.2, 0.25) is 0 Å². The summed E-state index contributed by atoms with van der Waals surface area (Å²) < 4.78 is 0. The Kier molecular flexibility index (Phi) is 3.54. The van der Waals surface area contributed by atoms with E-state index in [1.54, 1.807) is 11.8 Å². The van der Waals surface area contributed by atoms with Gasteiger partial charge in [0.1, 0.15) is 5.56 Å². The van der Waals surface area contributed by atoms with E-state index >= 15 is 0 Å². The lowest BCUT2D eigenvalue weighted by Gasteiger charge is -2.22. The average molecular weight is 293 g/mol. The highest BCUT2D eigenvalue weighted by Gasteiger charge is 2.39. The highest BCUT2D eigenvalue weighted by atomic mass is 16.6. The fourth-order valence-electron chi connectivity index (χ4n) is 2.43. The Morgan fingerprint density at radius 3 is 2.62 bits per heavy atom. The average Bonchev–Trinajstić information content (AvgIpc) is 2.82. The van der Waals surface area contributed by atoms with Crippen molar-refractivity contribution in [3.8, 4) is 0 Å². The van der Waals surface area contributed by atoms with Gasteiger partial charge in [-0.1, -0.05) is 0 Å². The fraction of sp³-hybridized carbons (Fsp3) is 0.385. The Labute approximate surface area is 120 Å². The highest BCUT2D eigenvalue weighted by molar-refractivity contribution is 5.93. The maximum absolute atomic E-state index is 11.4. The molecule has 8 heteroatoms. The number of anilines is 1. The Morgan fingerprint density at radius 1 is 1.48 bits per heavy atom. The summed E-state index contributed by atoms with van der Waals surface area (Å²) >= 11 is 0. The summed E-state index contributed by atoms with van der Waals surface area (Å²) in [5.41, 5.74) is 4.37. The summed E-state index contributed by atoms with van der Waals surface area (Å²) in [6.45, 7) is 2.63.